The van der Waals surface area contributed by atoms with E-state index in [2.05, 4.69) is 20.2 Å². The number of hydrazone groups is 1. The van der Waals surface area contributed by atoms with Crippen LogP contribution in [0.4, 0.5) is 8.78 Å². The van der Waals surface area contributed by atoms with Gasteiger partial charge in [0.15, 0.2) is 11.5 Å². The normalized spacial score (nSPS) is 11.0. The number of methoxy groups -OCH3 is 1. The molecule has 1 aromatic heterocycles. The predicted octanol–water partition coefficient (Wildman–Crippen LogP) is 2.75. The maximum Gasteiger partial charge on any atom is 0.387 e. The molecule has 0 aliphatic carbocycles. The number of amides is 1. The second kappa shape index (κ2) is 8.34. The second-order valence-electron chi connectivity index (χ2n) is 4.58. The van der Waals surface area contributed by atoms with Crippen molar-refractivity contribution >= 4 is 23.5 Å². The summed E-state index contributed by atoms with van der Waals surface area (Å²) in [7, 11) is 1.34. The quantitative estimate of drug-likeness (QED) is 0.612. The molecule has 9 heteroatoms. The van der Waals surface area contributed by atoms with Crippen molar-refractivity contribution in [2.45, 2.75) is 20.0 Å². The summed E-state index contributed by atoms with van der Waals surface area (Å²) in [6, 6.07) is 4.59. The Balaban J connectivity index is 2.04. The molecule has 0 radical (unpaired) electrons. The van der Waals surface area contributed by atoms with Gasteiger partial charge in [-0.15, -0.1) is 11.3 Å². The molecule has 0 atom stereocenters. The van der Waals surface area contributed by atoms with Crippen LogP contribution in [0.2, 0.25) is 0 Å². The summed E-state index contributed by atoms with van der Waals surface area (Å²) >= 11 is 1.45. The van der Waals surface area contributed by atoms with Crippen molar-refractivity contribution in [3.8, 4) is 11.5 Å². The maximum absolute atomic E-state index is 12.5. The Bertz CT molecular complexity index is 735. The first-order valence-electron chi connectivity index (χ1n) is 6.84. The van der Waals surface area contributed by atoms with Gasteiger partial charge in [0.1, 0.15) is 0 Å². The summed E-state index contributed by atoms with van der Waals surface area (Å²) in [6.45, 7) is -1.16. The minimum atomic E-state index is -3.00. The molecule has 2 rings (SSSR count). The third-order valence-electron chi connectivity index (χ3n) is 2.84. The zero-order chi connectivity index (χ0) is 17.5. The molecule has 0 aliphatic rings. The first kappa shape index (κ1) is 17.8. The van der Waals surface area contributed by atoms with Crippen molar-refractivity contribution in [2.24, 2.45) is 5.10 Å². The average Bonchev–Trinajstić information content (AvgIpc) is 2.93. The number of hydrogen-bond donors (Lipinski definition) is 1. The smallest absolute Gasteiger partial charge is 0.387 e. The van der Waals surface area contributed by atoms with Gasteiger partial charge >= 0.3 is 6.61 Å². The van der Waals surface area contributed by atoms with Crippen molar-refractivity contribution < 1.29 is 23.0 Å². The molecule has 0 saturated carbocycles. The molecular weight excluding hydrogens is 340 g/mol. The molecule has 128 valence electrons. The average molecular weight is 355 g/mol. The molecule has 0 aliphatic heterocycles. The zero-order valence-electron chi connectivity index (χ0n) is 13.0. The van der Waals surface area contributed by atoms with Gasteiger partial charge in [0.25, 0.3) is 0 Å². The van der Waals surface area contributed by atoms with Gasteiger partial charge in [-0.05, 0) is 19.1 Å². The van der Waals surface area contributed by atoms with E-state index in [1.807, 2.05) is 6.92 Å². The van der Waals surface area contributed by atoms with E-state index in [-0.39, 0.29) is 29.4 Å². The molecule has 1 heterocycles. The molecule has 2 aromatic rings. The minimum absolute atomic E-state index is 0.0835. The van der Waals surface area contributed by atoms with Gasteiger partial charge in [-0.1, -0.05) is 6.07 Å². The van der Waals surface area contributed by atoms with Crippen LogP contribution in [0.5, 0.6) is 11.5 Å². The summed E-state index contributed by atoms with van der Waals surface area (Å²) in [6.07, 6.45) is 1.30. The molecule has 0 saturated heterocycles. The standard InChI is InChI=1S/C15H15F2N3O3S/c1-9-19-11(8-24-9)6-13(21)20-18-7-10-4-3-5-12(22-2)14(10)23-15(16)17/h3-5,7-8,15H,6H2,1-2H3,(H,20,21)/b18-7-. The number of carbonyl (C=O) groups excluding carboxylic acids is 1. The van der Waals surface area contributed by atoms with Crippen molar-refractivity contribution in [1.82, 2.24) is 10.4 Å². The molecule has 0 bridgehead atoms. The van der Waals surface area contributed by atoms with Gasteiger partial charge in [-0.25, -0.2) is 10.4 Å². The number of para-hydroxylation sites is 1. The summed E-state index contributed by atoms with van der Waals surface area (Å²) in [5.41, 5.74) is 3.21. The highest BCUT2D eigenvalue weighted by Gasteiger charge is 2.14. The van der Waals surface area contributed by atoms with E-state index in [1.54, 1.807) is 11.4 Å². The fourth-order valence-corrected chi connectivity index (χ4v) is 2.49. The number of carbonyl (C=O) groups is 1. The minimum Gasteiger partial charge on any atom is -0.493 e. The largest absolute Gasteiger partial charge is 0.493 e. The zero-order valence-corrected chi connectivity index (χ0v) is 13.8. The van der Waals surface area contributed by atoms with Crippen LogP contribution in [-0.2, 0) is 11.2 Å². The van der Waals surface area contributed by atoms with E-state index in [4.69, 9.17) is 4.74 Å². The molecule has 0 fully saturated rings. The Morgan fingerprint density at radius 3 is 2.92 bits per heavy atom. The van der Waals surface area contributed by atoms with Crippen molar-refractivity contribution in [3.05, 3.63) is 39.8 Å². The van der Waals surface area contributed by atoms with Crippen LogP contribution in [-0.4, -0.2) is 30.8 Å². The van der Waals surface area contributed by atoms with Gasteiger partial charge in [0.2, 0.25) is 5.91 Å². The lowest BCUT2D eigenvalue weighted by Gasteiger charge is -2.11. The lowest BCUT2D eigenvalue weighted by atomic mass is 10.2. The third-order valence-corrected chi connectivity index (χ3v) is 3.66. The van der Waals surface area contributed by atoms with E-state index in [1.165, 1.54) is 36.8 Å². The fourth-order valence-electron chi connectivity index (χ4n) is 1.88. The van der Waals surface area contributed by atoms with E-state index in [0.717, 1.165) is 5.01 Å². The highest BCUT2D eigenvalue weighted by Crippen LogP contribution is 2.31. The van der Waals surface area contributed by atoms with E-state index in [9.17, 15) is 13.6 Å². The molecule has 0 spiro atoms. The molecule has 24 heavy (non-hydrogen) atoms. The first-order chi connectivity index (χ1) is 11.5. The van der Waals surface area contributed by atoms with Crippen LogP contribution in [0.3, 0.4) is 0 Å². The van der Waals surface area contributed by atoms with Crippen LogP contribution in [0.25, 0.3) is 0 Å². The molecule has 1 amide bonds. The first-order valence-corrected chi connectivity index (χ1v) is 7.72. The van der Waals surface area contributed by atoms with Gasteiger partial charge < -0.3 is 9.47 Å². The number of hydrogen-bond acceptors (Lipinski definition) is 6. The summed E-state index contributed by atoms with van der Waals surface area (Å²) in [5.74, 6) is -0.373. The number of thiazole rings is 1. The van der Waals surface area contributed by atoms with E-state index >= 15 is 0 Å². The lowest BCUT2D eigenvalue weighted by Crippen LogP contribution is -2.20. The van der Waals surface area contributed by atoms with Gasteiger partial charge in [0.05, 0.1) is 30.4 Å². The molecule has 1 N–H and O–H groups in total. The fraction of sp³-hybridized carbons (Fsp3) is 0.267. The number of alkyl halides is 2. The number of aryl methyl sites for hydroxylation is 1. The lowest BCUT2D eigenvalue weighted by molar-refractivity contribution is -0.120. The number of benzene rings is 1. The predicted molar refractivity (Wildman–Crippen MR) is 85.9 cm³/mol. The summed E-state index contributed by atoms with van der Waals surface area (Å²) in [5, 5.41) is 6.41. The SMILES string of the molecule is COc1cccc(/C=N\NC(=O)Cc2csc(C)n2)c1OC(F)F. The van der Waals surface area contributed by atoms with E-state index < -0.39 is 6.61 Å². The Kier molecular flexibility index (Phi) is 6.19. The Morgan fingerprint density at radius 2 is 2.29 bits per heavy atom. The highest BCUT2D eigenvalue weighted by molar-refractivity contribution is 7.09. The third kappa shape index (κ3) is 4.98. The van der Waals surface area contributed by atoms with Crippen molar-refractivity contribution in [1.29, 1.82) is 0 Å². The Morgan fingerprint density at radius 1 is 1.50 bits per heavy atom. The molecule has 6 nitrogen and oxygen atoms in total. The number of aromatic nitrogens is 1. The maximum atomic E-state index is 12.5. The van der Waals surface area contributed by atoms with Crippen molar-refractivity contribution in [2.75, 3.05) is 7.11 Å². The van der Waals surface area contributed by atoms with Crippen LogP contribution >= 0.6 is 11.3 Å². The molecule has 1 aromatic carbocycles. The van der Waals surface area contributed by atoms with Gasteiger partial charge in [0, 0.05) is 10.9 Å². The monoisotopic (exact) mass is 355 g/mol. The van der Waals surface area contributed by atoms with Gasteiger partial charge in [-0.2, -0.15) is 13.9 Å². The number of nitrogens with zero attached hydrogens (tertiary/aromatic N) is 2. The number of nitrogens with one attached hydrogen (secondary N) is 1. The van der Waals surface area contributed by atoms with Gasteiger partial charge in [-0.3, -0.25) is 4.79 Å². The van der Waals surface area contributed by atoms with E-state index in [0.29, 0.717) is 5.69 Å². The van der Waals surface area contributed by atoms with Crippen LogP contribution in [0.1, 0.15) is 16.3 Å². The highest BCUT2D eigenvalue weighted by atomic mass is 32.1. The Labute approximate surface area is 141 Å². The summed E-state index contributed by atoms with van der Waals surface area (Å²) in [4.78, 5) is 15.9. The topological polar surface area (TPSA) is 72.8 Å². The Hall–Kier alpha value is -2.55. The summed E-state index contributed by atoms with van der Waals surface area (Å²) < 4.78 is 34.5. The molecular formula is C15H15F2N3O3S. The molecule has 0 unspecified atom stereocenters. The number of rotatable bonds is 7. The number of halogens is 2. The van der Waals surface area contributed by atoms with Crippen LogP contribution < -0.4 is 14.9 Å². The van der Waals surface area contributed by atoms with Crippen LogP contribution in [0, 0.1) is 6.92 Å². The number of ether oxygens (including phenoxy) is 2. The van der Waals surface area contributed by atoms with Crippen molar-refractivity contribution in [3.63, 3.8) is 0 Å². The van der Waals surface area contributed by atoms with Crippen LogP contribution in [0.15, 0.2) is 28.7 Å². The second-order valence-corrected chi connectivity index (χ2v) is 5.65.